The van der Waals surface area contributed by atoms with Crippen molar-refractivity contribution in [2.45, 2.75) is 40.2 Å². The van der Waals surface area contributed by atoms with E-state index in [0.29, 0.717) is 6.04 Å². The first kappa shape index (κ1) is 12.2. The van der Waals surface area contributed by atoms with Gasteiger partial charge in [-0.2, -0.15) is 0 Å². The van der Waals surface area contributed by atoms with Crippen molar-refractivity contribution < 1.29 is 0 Å². The van der Waals surface area contributed by atoms with Gasteiger partial charge in [-0.25, -0.2) is 0 Å². The van der Waals surface area contributed by atoms with Gasteiger partial charge in [0, 0.05) is 24.4 Å². The van der Waals surface area contributed by atoms with Crippen LogP contribution in [0.5, 0.6) is 0 Å². The van der Waals surface area contributed by atoms with E-state index in [1.165, 1.54) is 11.3 Å². The highest BCUT2D eigenvalue weighted by molar-refractivity contribution is 5.15. The van der Waals surface area contributed by atoms with Crippen molar-refractivity contribution in [3.05, 3.63) is 29.6 Å². The minimum atomic E-state index is 0.264. The van der Waals surface area contributed by atoms with Gasteiger partial charge < -0.3 is 5.32 Å². The molecule has 1 unspecified atom stereocenters. The molecule has 1 heterocycles. The van der Waals surface area contributed by atoms with Crippen LogP contribution in [0.15, 0.2) is 18.3 Å². The van der Waals surface area contributed by atoms with E-state index in [1.54, 1.807) is 0 Å². The third-order valence-corrected chi connectivity index (χ3v) is 2.78. The minimum Gasteiger partial charge on any atom is -0.316 e. The van der Waals surface area contributed by atoms with Gasteiger partial charge in [0.25, 0.3) is 0 Å². The zero-order valence-corrected chi connectivity index (χ0v) is 10.5. The number of pyridine rings is 1. The summed E-state index contributed by atoms with van der Waals surface area (Å²) in [6, 6.07) is 4.66. The van der Waals surface area contributed by atoms with Crippen LogP contribution in [0.2, 0.25) is 0 Å². The van der Waals surface area contributed by atoms with E-state index in [0.717, 1.165) is 6.42 Å². The monoisotopic (exact) mass is 206 g/mol. The second kappa shape index (κ2) is 4.75. The van der Waals surface area contributed by atoms with E-state index in [2.05, 4.69) is 44.1 Å². The second-order valence-electron chi connectivity index (χ2n) is 5.24. The Hall–Kier alpha value is -0.890. The first-order chi connectivity index (χ1) is 6.93. The van der Waals surface area contributed by atoms with E-state index >= 15 is 0 Å². The highest BCUT2D eigenvalue weighted by atomic mass is 14.9. The molecule has 1 atom stereocenters. The van der Waals surface area contributed by atoms with E-state index in [1.807, 2.05) is 19.3 Å². The number of nitrogens with one attached hydrogen (secondary N) is 1. The highest BCUT2D eigenvalue weighted by Gasteiger charge is 2.23. The number of rotatable bonds is 3. The molecule has 1 aromatic rings. The molecule has 84 valence electrons. The maximum atomic E-state index is 4.40. The predicted molar refractivity (Wildman–Crippen MR) is 65.0 cm³/mol. The third-order valence-electron chi connectivity index (χ3n) is 2.78. The van der Waals surface area contributed by atoms with Crippen molar-refractivity contribution in [2.75, 3.05) is 7.05 Å². The summed E-state index contributed by atoms with van der Waals surface area (Å²) in [6.45, 7) is 8.87. The molecule has 2 heteroatoms. The lowest BCUT2D eigenvalue weighted by Crippen LogP contribution is -2.39. The molecule has 15 heavy (non-hydrogen) atoms. The fraction of sp³-hybridized carbons (Fsp3) is 0.615. The predicted octanol–water partition coefficient (Wildman–Crippen LogP) is 2.57. The quantitative estimate of drug-likeness (QED) is 0.822. The van der Waals surface area contributed by atoms with Gasteiger partial charge in [0.05, 0.1) is 0 Å². The Bertz CT molecular complexity index is 313. The molecule has 0 spiro atoms. The minimum absolute atomic E-state index is 0.264. The van der Waals surface area contributed by atoms with Gasteiger partial charge in [-0.05, 0) is 37.1 Å². The van der Waals surface area contributed by atoms with E-state index in [-0.39, 0.29) is 5.41 Å². The molecule has 0 bridgehead atoms. The Balaban J connectivity index is 2.76. The molecule has 0 fully saturated rings. The van der Waals surface area contributed by atoms with Crippen LogP contribution >= 0.6 is 0 Å². The molecule has 0 saturated heterocycles. The van der Waals surface area contributed by atoms with Crippen molar-refractivity contribution in [2.24, 2.45) is 5.41 Å². The molecular weight excluding hydrogens is 184 g/mol. The lowest BCUT2D eigenvalue weighted by Gasteiger charge is -2.30. The molecule has 0 aromatic carbocycles. The summed E-state index contributed by atoms with van der Waals surface area (Å²) in [4.78, 5) is 4.40. The summed E-state index contributed by atoms with van der Waals surface area (Å²) < 4.78 is 0. The normalized spacial score (nSPS) is 13.9. The van der Waals surface area contributed by atoms with Gasteiger partial charge in [-0.3, -0.25) is 4.98 Å². The van der Waals surface area contributed by atoms with Crippen LogP contribution in [0, 0.1) is 12.3 Å². The summed E-state index contributed by atoms with van der Waals surface area (Å²) in [7, 11) is 2.02. The van der Waals surface area contributed by atoms with Crippen LogP contribution in [-0.2, 0) is 6.42 Å². The van der Waals surface area contributed by atoms with Gasteiger partial charge in [0.2, 0.25) is 0 Å². The van der Waals surface area contributed by atoms with Crippen LogP contribution in [-0.4, -0.2) is 18.1 Å². The highest BCUT2D eigenvalue weighted by Crippen LogP contribution is 2.21. The average molecular weight is 206 g/mol. The number of hydrogen-bond acceptors (Lipinski definition) is 2. The number of likely N-dealkylation sites (N-methyl/N-ethyl adjacent to an activating group) is 1. The van der Waals surface area contributed by atoms with Crippen LogP contribution < -0.4 is 5.32 Å². The Kier molecular flexibility index (Phi) is 3.86. The molecule has 1 rings (SSSR count). The Morgan fingerprint density at radius 1 is 1.40 bits per heavy atom. The van der Waals surface area contributed by atoms with Crippen LogP contribution in [0.4, 0.5) is 0 Å². The van der Waals surface area contributed by atoms with Crippen molar-refractivity contribution >= 4 is 0 Å². The van der Waals surface area contributed by atoms with Gasteiger partial charge >= 0.3 is 0 Å². The summed E-state index contributed by atoms with van der Waals surface area (Å²) >= 11 is 0. The van der Waals surface area contributed by atoms with Gasteiger partial charge in [0.15, 0.2) is 0 Å². The standard InChI is InChI=1S/C13H22N2/c1-10-6-7-15-11(8-10)9-12(14-5)13(2,3)4/h6-8,12,14H,9H2,1-5H3. The van der Waals surface area contributed by atoms with Crippen molar-refractivity contribution in [3.8, 4) is 0 Å². The van der Waals surface area contributed by atoms with Gasteiger partial charge in [-0.1, -0.05) is 20.8 Å². The largest absolute Gasteiger partial charge is 0.316 e. The zero-order valence-electron chi connectivity index (χ0n) is 10.5. The maximum Gasteiger partial charge on any atom is 0.0421 e. The summed E-state index contributed by atoms with van der Waals surface area (Å²) in [5.41, 5.74) is 2.72. The molecule has 0 aliphatic carbocycles. The SMILES string of the molecule is CNC(Cc1cc(C)ccn1)C(C)(C)C. The number of nitrogens with zero attached hydrogens (tertiary/aromatic N) is 1. The number of aryl methyl sites for hydroxylation is 1. The van der Waals surface area contributed by atoms with Crippen molar-refractivity contribution in [1.82, 2.24) is 10.3 Å². The summed E-state index contributed by atoms with van der Waals surface area (Å²) in [5.74, 6) is 0. The Morgan fingerprint density at radius 2 is 2.07 bits per heavy atom. The molecule has 0 saturated carbocycles. The fourth-order valence-corrected chi connectivity index (χ4v) is 1.76. The van der Waals surface area contributed by atoms with Crippen molar-refractivity contribution in [3.63, 3.8) is 0 Å². The summed E-state index contributed by atoms with van der Waals surface area (Å²) in [6.07, 6.45) is 2.88. The third kappa shape index (κ3) is 3.63. The number of hydrogen-bond donors (Lipinski definition) is 1. The first-order valence-corrected chi connectivity index (χ1v) is 5.52. The Morgan fingerprint density at radius 3 is 2.53 bits per heavy atom. The first-order valence-electron chi connectivity index (χ1n) is 5.52. The average Bonchev–Trinajstić information content (AvgIpc) is 2.12. The maximum absolute atomic E-state index is 4.40. The van der Waals surface area contributed by atoms with E-state index < -0.39 is 0 Å². The molecule has 0 radical (unpaired) electrons. The molecule has 0 aliphatic rings. The van der Waals surface area contributed by atoms with E-state index in [9.17, 15) is 0 Å². The van der Waals surface area contributed by atoms with Crippen molar-refractivity contribution in [1.29, 1.82) is 0 Å². The van der Waals surface area contributed by atoms with Gasteiger partial charge in [-0.15, -0.1) is 0 Å². The van der Waals surface area contributed by atoms with Gasteiger partial charge in [0.1, 0.15) is 0 Å². The van der Waals surface area contributed by atoms with E-state index in [4.69, 9.17) is 0 Å². The molecular formula is C13H22N2. The Labute approximate surface area is 93.1 Å². The van der Waals surface area contributed by atoms with Crippen LogP contribution in [0.25, 0.3) is 0 Å². The van der Waals surface area contributed by atoms with Crippen LogP contribution in [0.3, 0.4) is 0 Å². The zero-order chi connectivity index (χ0) is 11.5. The lowest BCUT2D eigenvalue weighted by atomic mass is 9.84. The topological polar surface area (TPSA) is 24.9 Å². The second-order valence-corrected chi connectivity index (χ2v) is 5.24. The van der Waals surface area contributed by atoms with Crippen LogP contribution in [0.1, 0.15) is 32.0 Å². The number of aromatic nitrogens is 1. The fourth-order valence-electron chi connectivity index (χ4n) is 1.76. The molecule has 1 N–H and O–H groups in total. The molecule has 2 nitrogen and oxygen atoms in total. The summed E-state index contributed by atoms with van der Waals surface area (Å²) in [5, 5.41) is 3.37. The smallest absolute Gasteiger partial charge is 0.0421 e. The molecule has 1 aromatic heterocycles. The molecule has 0 amide bonds. The lowest BCUT2D eigenvalue weighted by molar-refractivity contribution is 0.278. The molecule has 0 aliphatic heterocycles.